The van der Waals surface area contributed by atoms with E-state index in [-0.39, 0.29) is 17.3 Å². The highest BCUT2D eigenvalue weighted by molar-refractivity contribution is 6.35. The summed E-state index contributed by atoms with van der Waals surface area (Å²) in [4.78, 5) is 23.6. The van der Waals surface area contributed by atoms with Crippen molar-refractivity contribution in [2.45, 2.75) is 6.42 Å². The largest absolute Gasteiger partial charge is 0.350 e. The molecule has 10 heteroatoms. The van der Waals surface area contributed by atoms with E-state index in [1.807, 2.05) is 6.07 Å². The Hall–Kier alpha value is -3.39. The van der Waals surface area contributed by atoms with Crippen LogP contribution in [0.15, 0.2) is 72.8 Å². The van der Waals surface area contributed by atoms with Gasteiger partial charge in [-0.25, -0.2) is 4.68 Å². The lowest BCUT2D eigenvalue weighted by atomic mass is 10.1. The first kappa shape index (κ1) is 23.8. The van der Waals surface area contributed by atoms with E-state index in [1.54, 1.807) is 54.6 Å². The number of para-hydroxylation sites is 1. The van der Waals surface area contributed by atoms with Gasteiger partial charge in [0.2, 0.25) is 0 Å². The van der Waals surface area contributed by atoms with Crippen molar-refractivity contribution in [3.63, 3.8) is 0 Å². The minimum atomic E-state index is -0.474. The lowest BCUT2D eigenvalue weighted by Crippen LogP contribution is -2.28. The molecule has 1 heterocycles. The van der Waals surface area contributed by atoms with Gasteiger partial charge < -0.3 is 5.32 Å². The molecule has 0 atom stereocenters. The molecule has 0 saturated heterocycles. The standard InChI is InChI=1S/C24H17Cl3N4O3/c25-17-8-5-15(20(27)13-17)11-12-28-24(32)23-14-21(16-6-9-18(10-7-16)31(33)34)29-30(23)22-4-2-1-3-19(22)26/h1-10,13-14H,11-12H2,(H,28,32). The second-order valence-electron chi connectivity index (χ2n) is 7.32. The SMILES string of the molecule is O=C(NCCc1ccc(Cl)cc1Cl)c1cc(-c2ccc([N+](=O)[O-])cc2)nn1-c1ccccc1Cl. The Morgan fingerprint density at radius 3 is 2.38 bits per heavy atom. The van der Waals surface area contributed by atoms with Gasteiger partial charge in [-0.2, -0.15) is 5.10 Å². The number of halogens is 3. The lowest BCUT2D eigenvalue weighted by molar-refractivity contribution is -0.384. The Morgan fingerprint density at radius 2 is 1.71 bits per heavy atom. The van der Waals surface area contributed by atoms with Crippen LogP contribution in [0.25, 0.3) is 16.9 Å². The van der Waals surface area contributed by atoms with Gasteiger partial charge in [0.15, 0.2) is 0 Å². The molecule has 7 nitrogen and oxygen atoms in total. The molecule has 0 radical (unpaired) electrons. The zero-order valence-electron chi connectivity index (χ0n) is 17.5. The van der Waals surface area contributed by atoms with E-state index in [0.29, 0.717) is 45.0 Å². The van der Waals surface area contributed by atoms with Crippen molar-refractivity contribution >= 4 is 46.4 Å². The first-order valence-corrected chi connectivity index (χ1v) is 11.3. The Bertz CT molecular complexity index is 1370. The van der Waals surface area contributed by atoms with Crippen molar-refractivity contribution in [2.75, 3.05) is 6.54 Å². The van der Waals surface area contributed by atoms with Crippen molar-refractivity contribution < 1.29 is 9.72 Å². The van der Waals surface area contributed by atoms with Gasteiger partial charge in [0, 0.05) is 34.3 Å². The molecule has 0 aliphatic rings. The van der Waals surface area contributed by atoms with Crippen LogP contribution in [0.3, 0.4) is 0 Å². The smallest absolute Gasteiger partial charge is 0.270 e. The highest BCUT2D eigenvalue weighted by Crippen LogP contribution is 2.27. The van der Waals surface area contributed by atoms with E-state index < -0.39 is 4.92 Å². The van der Waals surface area contributed by atoms with Crippen LogP contribution in [0.5, 0.6) is 0 Å². The number of carbonyl (C=O) groups is 1. The number of hydrogen-bond acceptors (Lipinski definition) is 4. The Labute approximate surface area is 210 Å². The van der Waals surface area contributed by atoms with Crippen LogP contribution in [0, 0.1) is 10.1 Å². The number of non-ortho nitro benzene ring substituents is 1. The second kappa shape index (κ2) is 10.3. The molecular formula is C24H17Cl3N4O3. The van der Waals surface area contributed by atoms with E-state index in [2.05, 4.69) is 10.4 Å². The van der Waals surface area contributed by atoms with Crippen LogP contribution in [-0.4, -0.2) is 27.2 Å². The third-order valence-electron chi connectivity index (χ3n) is 5.09. The topological polar surface area (TPSA) is 90.1 Å². The third-order valence-corrected chi connectivity index (χ3v) is 6.00. The molecule has 172 valence electrons. The summed E-state index contributed by atoms with van der Waals surface area (Å²) in [7, 11) is 0. The molecule has 0 saturated carbocycles. The predicted molar refractivity (Wildman–Crippen MR) is 133 cm³/mol. The predicted octanol–water partition coefficient (Wildman–Crippen LogP) is 6.38. The Kier molecular flexibility index (Phi) is 7.17. The number of amides is 1. The number of hydrogen-bond donors (Lipinski definition) is 1. The van der Waals surface area contributed by atoms with Gasteiger partial charge in [-0.15, -0.1) is 0 Å². The molecule has 0 aliphatic carbocycles. The summed E-state index contributed by atoms with van der Waals surface area (Å²) in [6, 6.07) is 19.8. The normalized spacial score (nSPS) is 10.8. The monoisotopic (exact) mass is 514 g/mol. The summed E-state index contributed by atoms with van der Waals surface area (Å²) in [5.41, 5.74) is 2.72. The fraction of sp³-hybridized carbons (Fsp3) is 0.0833. The summed E-state index contributed by atoms with van der Waals surface area (Å²) in [6.45, 7) is 0.334. The fourth-order valence-corrected chi connectivity index (χ4v) is 4.09. The van der Waals surface area contributed by atoms with E-state index in [1.165, 1.54) is 16.8 Å². The molecule has 1 aromatic heterocycles. The number of benzene rings is 3. The minimum Gasteiger partial charge on any atom is -0.350 e. The van der Waals surface area contributed by atoms with Crippen LogP contribution in [-0.2, 0) is 6.42 Å². The van der Waals surface area contributed by atoms with Gasteiger partial charge in [-0.05, 0) is 54.4 Å². The highest BCUT2D eigenvalue weighted by atomic mass is 35.5. The Morgan fingerprint density at radius 1 is 0.971 bits per heavy atom. The van der Waals surface area contributed by atoms with Crippen molar-refractivity contribution in [3.8, 4) is 16.9 Å². The number of nitro groups is 1. The van der Waals surface area contributed by atoms with Gasteiger partial charge in [0.05, 0.1) is 21.3 Å². The van der Waals surface area contributed by atoms with Crippen LogP contribution in [0.1, 0.15) is 16.1 Å². The number of rotatable bonds is 7. The molecule has 3 aromatic carbocycles. The highest BCUT2D eigenvalue weighted by Gasteiger charge is 2.19. The van der Waals surface area contributed by atoms with Gasteiger partial charge in [-0.3, -0.25) is 14.9 Å². The Balaban J connectivity index is 1.62. The molecule has 1 N–H and O–H groups in total. The molecule has 0 spiro atoms. The number of carbonyl (C=O) groups excluding carboxylic acids is 1. The van der Waals surface area contributed by atoms with E-state index in [0.717, 1.165) is 5.56 Å². The minimum absolute atomic E-state index is 0.0342. The van der Waals surface area contributed by atoms with E-state index in [9.17, 15) is 14.9 Å². The number of aromatic nitrogens is 2. The average Bonchev–Trinajstić information content (AvgIpc) is 3.26. The summed E-state index contributed by atoms with van der Waals surface area (Å²) >= 11 is 18.5. The molecule has 0 fully saturated rings. The third kappa shape index (κ3) is 5.22. The maximum Gasteiger partial charge on any atom is 0.270 e. The molecule has 4 aromatic rings. The van der Waals surface area contributed by atoms with Crippen molar-refractivity contribution in [2.24, 2.45) is 0 Å². The summed E-state index contributed by atoms with van der Waals surface area (Å²) in [5, 5.41) is 19.9. The van der Waals surface area contributed by atoms with Crippen LogP contribution < -0.4 is 5.32 Å². The van der Waals surface area contributed by atoms with Crippen molar-refractivity contribution in [3.05, 3.63) is 109 Å². The number of nitrogens with zero attached hydrogens (tertiary/aromatic N) is 3. The number of nitrogens with one attached hydrogen (secondary N) is 1. The van der Waals surface area contributed by atoms with Gasteiger partial charge >= 0.3 is 0 Å². The molecule has 34 heavy (non-hydrogen) atoms. The maximum atomic E-state index is 13.1. The van der Waals surface area contributed by atoms with Gasteiger partial charge in [-0.1, -0.05) is 53.0 Å². The number of nitro benzene ring substituents is 1. The molecule has 0 bridgehead atoms. The zero-order valence-corrected chi connectivity index (χ0v) is 19.8. The molecular weight excluding hydrogens is 499 g/mol. The first-order valence-electron chi connectivity index (χ1n) is 10.2. The summed E-state index contributed by atoms with van der Waals surface area (Å²) in [6.07, 6.45) is 0.511. The van der Waals surface area contributed by atoms with Crippen molar-refractivity contribution in [1.29, 1.82) is 0 Å². The van der Waals surface area contributed by atoms with E-state index in [4.69, 9.17) is 34.8 Å². The summed E-state index contributed by atoms with van der Waals surface area (Å²) in [5.74, 6) is -0.356. The van der Waals surface area contributed by atoms with Crippen molar-refractivity contribution in [1.82, 2.24) is 15.1 Å². The maximum absolute atomic E-state index is 13.1. The molecule has 0 aliphatic heterocycles. The average molecular weight is 516 g/mol. The fourth-order valence-electron chi connectivity index (χ4n) is 3.37. The second-order valence-corrected chi connectivity index (χ2v) is 8.57. The first-order chi connectivity index (χ1) is 16.3. The quantitative estimate of drug-likeness (QED) is 0.228. The van der Waals surface area contributed by atoms with Crippen LogP contribution in [0.4, 0.5) is 5.69 Å². The molecule has 4 rings (SSSR count). The van der Waals surface area contributed by atoms with Crippen LogP contribution >= 0.6 is 34.8 Å². The summed E-state index contributed by atoms with van der Waals surface area (Å²) < 4.78 is 1.46. The lowest BCUT2D eigenvalue weighted by Gasteiger charge is -2.10. The van der Waals surface area contributed by atoms with E-state index >= 15 is 0 Å². The molecule has 1 amide bonds. The van der Waals surface area contributed by atoms with Gasteiger partial charge in [0.1, 0.15) is 5.69 Å². The molecule has 0 unspecified atom stereocenters. The zero-order chi connectivity index (χ0) is 24.2. The van der Waals surface area contributed by atoms with Crippen LogP contribution in [0.2, 0.25) is 15.1 Å². The van der Waals surface area contributed by atoms with Gasteiger partial charge in [0.25, 0.3) is 11.6 Å².